The Bertz CT molecular complexity index is 844. The van der Waals surface area contributed by atoms with E-state index in [2.05, 4.69) is 92.2 Å². The third-order valence-corrected chi connectivity index (χ3v) is 5.66. The highest BCUT2D eigenvalue weighted by atomic mass is 127. The van der Waals surface area contributed by atoms with Crippen molar-refractivity contribution in [2.75, 3.05) is 43.0 Å². The van der Waals surface area contributed by atoms with Gasteiger partial charge in [-0.1, -0.05) is 42.5 Å². The van der Waals surface area contributed by atoms with Crippen LogP contribution >= 0.6 is 24.0 Å². The van der Waals surface area contributed by atoms with Crippen LogP contribution in [0.5, 0.6) is 0 Å². The van der Waals surface area contributed by atoms with Crippen LogP contribution in [0.15, 0.2) is 71.7 Å². The van der Waals surface area contributed by atoms with Gasteiger partial charge >= 0.3 is 0 Å². The summed E-state index contributed by atoms with van der Waals surface area (Å²) >= 11 is 0. The van der Waals surface area contributed by atoms with Gasteiger partial charge in [0.05, 0.1) is 0 Å². The standard InChI is InChI=1S/C24H31N5.HI/c1-25-24(26-18-20-9-7-13-23(17-20)28-14-5-6-15-28)27-21-10-8-16-29(19-21)22-11-3-2-4-12-22;/h2-7,9,11-13,17,21H,8,10,14-16,18-19H2,1H3,(H2,25,26,27);1H. The van der Waals surface area contributed by atoms with Crippen molar-refractivity contribution >= 4 is 41.3 Å². The molecule has 5 nitrogen and oxygen atoms in total. The number of rotatable bonds is 5. The van der Waals surface area contributed by atoms with Crippen molar-refractivity contribution in [3.63, 3.8) is 0 Å². The van der Waals surface area contributed by atoms with E-state index in [4.69, 9.17) is 0 Å². The number of guanidine groups is 1. The van der Waals surface area contributed by atoms with Crippen molar-refractivity contribution in [3.8, 4) is 0 Å². The van der Waals surface area contributed by atoms with Crippen LogP contribution in [0.3, 0.4) is 0 Å². The van der Waals surface area contributed by atoms with E-state index in [1.54, 1.807) is 0 Å². The minimum Gasteiger partial charge on any atom is -0.369 e. The van der Waals surface area contributed by atoms with Gasteiger partial charge in [0.2, 0.25) is 0 Å². The Morgan fingerprint density at radius 3 is 2.53 bits per heavy atom. The highest BCUT2D eigenvalue weighted by Crippen LogP contribution is 2.20. The Labute approximate surface area is 197 Å². The van der Waals surface area contributed by atoms with Gasteiger partial charge in [0.25, 0.3) is 0 Å². The van der Waals surface area contributed by atoms with Gasteiger partial charge in [0.15, 0.2) is 5.96 Å². The van der Waals surface area contributed by atoms with Gasteiger partial charge in [-0.3, -0.25) is 4.99 Å². The summed E-state index contributed by atoms with van der Waals surface area (Å²) in [6.45, 7) is 4.89. The van der Waals surface area contributed by atoms with Crippen LogP contribution in [0, 0.1) is 0 Å². The molecule has 0 saturated carbocycles. The van der Waals surface area contributed by atoms with Gasteiger partial charge in [-0.2, -0.15) is 0 Å². The molecule has 1 saturated heterocycles. The Morgan fingerprint density at radius 1 is 1.00 bits per heavy atom. The highest BCUT2D eigenvalue weighted by molar-refractivity contribution is 14.0. The lowest BCUT2D eigenvalue weighted by molar-refractivity contribution is 0.468. The number of nitrogens with zero attached hydrogens (tertiary/aromatic N) is 3. The van der Waals surface area contributed by atoms with Crippen LogP contribution in [0.4, 0.5) is 11.4 Å². The second-order valence-corrected chi connectivity index (χ2v) is 7.74. The van der Waals surface area contributed by atoms with E-state index in [1.165, 1.54) is 29.8 Å². The molecule has 2 N–H and O–H groups in total. The predicted octanol–water partition coefficient (Wildman–Crippen LogP) is 4.01. The lowest BCUT2D eigenvalue weighted by Gasteiger charge is -2.35. The highest BCUT2D eigenvalue weighted by Gasteiger charge is 2.20. The molecule has 6 heteroatoms. The number of para-hydroxylation sites is 1. The van der Waals surface area contributed by atoms with Crippen molar-refractivity contribution in [2.45, 2.75) is 25.4 Å². The number of hydrogen-bond acceptors (Lipinski definition) is 3. The second-order valence-electron chi connectivity index (χ2n) is 7.74. The fourth-order valence-corrected chi connectivity index (χ4v) is 4.09. The van der Waals surface area contributed by atoms with Gasteiger partial charge in [-0.15, -0.1) is 24.0 Å². The molecule has 2 aliphatic heterocycles. The summed E-state index contributed by atoms with van der Waals surface area (Å²) in [6, 6.07) is 19.8. The topological polar surface area (TPSA) is 42.9 Å². The molecule has 2 heterocycles. The minimum atomic E-state index is 0. The molecule has 160 valence electrons. The number of nitrogens with one attached hydrogen (secondary N) is 2. The van der Waals surface area contributed by atoms with Gasteiger partial charge in [-0.25, -0.2) is 0 Å². The summed E-state index contributed by atoms with van der Waals surface area (Å²) in [6.07, 6.45) is 6.80. The molecule has 2 aliphatic rings. The Morgan fingerprint density at radius 2 is 1.77 bits per heavy atom. The van der Waals surface area contributed by atoms with Gasteiger partial charge in [0.1, 0.15) is 0 Å². The number of benzene rings is 2. The molecule has 1 unspecified atom stereocenters. The van der Waals surface area contributed by atoms with E-state index < -0.39 is 0 Å². The van der Waals surface area contributed by atoms with Crippen molar-refractivity contribution < 1.29 is 0 Å². The van der Waals surface area contributed by atoms with E-state index >= 15 is 0 Å². The summed E-state index contributed by atoms with van der Waals surface area (Å²) < 4.78 is 0. The number of halogens is 1. The Kier molecular flexibility index (Phi) is 8.42. The first-order chi connectivity index (χ1) is 14.3. The molecule has 0 bridgehead atoms. The van der Waals surface area contributed by atoms with Gasteiger partial charge in [0, 0.05) is 57.2 Å². The van der Waals surface area contributed by atoms with E-state index in [9.17, 15) is 0 Å². The number of aliphatic imine (C=N–C) groups is 1. The average Bonchev–Trinajstić information content (AvgIpc) is 3.33. The van der Waals surface area contributed by atoms with Crippen LogP contribution < -0.4 is 20.4 Å². The largest absolute Gasteiger partial charge is 0.369 e. The van der Waals surface area contributed by atoms with E-state index in [0.29, 0.717) is 6.04 Å². The SMILES string of the molecule is CN=C(NCc1cccc(N2CC=CC2)c1)NC1CCCN(c2ccccc2)C1.I. The summed E-state index contributed by atoms with van der Waals surface area (Å²) in [4.78, 5) is 9.28. The summed E-state index contributed by atoms with van der Waals surface area (Å²) in [5.74, 6) is 0.873. The molecule has 2 aromatic carbocycles. The monoisotopic (exact) mass is 517 g/mol. The van der Waals surface area contributed by atoms with Crippen LogP contribution in [0.2, 0.25) is 0 Å². The molecule has 0 amide bonds. The van der Waals surface area contributed by atoms with Gasteiger partial charge in [-0.05, 0) is 42.7 Å². The maximum Gasteiger partial charge on any atom is 0.191 e. The first-order valence-corrected chi connectivity index (χ1v) is 10.6. The molecule has 1 atom stereocenters. The van der Waals surface area contributed by atoms with Crippen molar-refractivity contribution in [1.82, 2.24) is 10.6 Å². The smallest absolute Gasteiger partial charge is 0.191 e. The van der Waals surface area contributed by atoms with Crippen molar-refractivity contribution in [2.24, 2.45) is 4.99 Å². The normalized spacial score (nSPS) is 18.8. The maximum absolute atomic E-state index is 4.45. The lowest BCUT2D eigenvalue weighted by atomic mass is 10.0. The first kappa shape index (κ1) is 22.5. The third kappa shape index (κ3) is 5.90. The van der Waals surface area contributed by atoms with Gasteiger partial charge < -0.3 is 20.4 Å². The molecule has 2 aromatic rings. The maximum atomic E-state index is 4.45. The average molecular weight is 517 g/mol. The summed E-state index contributed by atoms with van der Waals surface area (Å²) in [5, 5.41) is 7.11. The zero-order valence-electron chi connectivity index (χ0n) is 17.6. The third-order valence-electron chi connectivity index (χ3n) is 5.66. The molecule has 4 rings (SSSR count). The van der Waals surface area contributed by atoms with E-state index in [-0.39, 0.29) is 24.0 Å². The Balaban J connectivity index is 0.00000256. The Hall–Kier alpha value is -2.22. The van der Waals surface area contributed by atoms with Crippen molar-refractivity contribution in [1.29, 1.82) is 0 Å². The first-order valence-electron chi connectivity index (χ1n) is 10.6. The second kappa shape index (κ2) is 11.2. The molecular weight excluding hydrogens is 485 g/mol. The molecule has 0 aliphatic carbocycles. The van der Waals surface area contributed by atoms with E-state index in [0.717, 1.165) is 38.7 Å². The molecule has 1 fully saturated rings. The van der Waals surface area contributed by atoms with Crippen LogP contribution in [-0.2, 0) is 6.54 Å². The molecule has 30 heavy (non-hydrogen) atoms. The molecular formula is C24H32IN5. The molecule has 0 aromatic heterocycles. The zero-order valence-corrected chi connectivity index (χ0v) is 20.0. The fourth-order valence-electron chi connectivity index (χ4n) is 4.09. The van der Waals surface area contributed by atoms with Crippen LogP contribution in [0.1, 0.15) is 18.4 Å². The zero-order chi connectivity index (χ0) is 19.9. The van der Waals surface area contributed by atoms with Crippen molar-refractivity contribution in [3.05, 3.63) is 72.3 Å². The quantitative estimate of drug-likeness (QED) is 0.272. The molecule has 0 spiro atoms. The lowest BCUT2D eigenvalue weighted by Crippen LogP contribution is -2.51. The molecule has 0 radical (unpaired) electrons. The number of piperidine rings is 1. The number of anilines is 2. The fraction of sp³-hybridized carbons (Fsp3) is 0.375. The minimum absolute atomic E-state index is 0. The van der Waals surface area contributed by atoms with Crippen LogP contribution in [0.25, 0.3) is 0 Å². The van der Waals surface area contributed by atoms with E-state index in [1.807, 2.05) is 7.05 Å². The predicted molar refractivity (Wildman–Crippen MR) is 138 cm³/mol. The number of hydrogen-bond donors (Lipinski definition) is 2. The van der Waals surface area contributed by atoms with Crippen LogP contribution in [-0.4, -0.2) is 45.2 Å². The summed E-state index contributed by atoms with van der Waals surface area (Å²) in [7, 11) is 1.85. The summed E-state index contributed by atoms with van der Waals surface area (Å²) in [5.41, 5.74) is 3.85.